The highest BCUT2D eigenvalue weighted by molar-refractivity contribution is 7.02. The summed E-state index contributed by atoms with van der Waals surface area (Å²) >= 11 is 0. The second kappa shape index (κ2) is 7.98. The molecule has 0 spiro atoms. The van der Waals surface area contributed by atoms with Crippen LogP contribution in [0.15, 0.2) is 91.0 Å². The molecule has 0 bridgehead atoms. The van der Waals surface area contributed by atoms with Gasteiger partial charge in [0.15, 0.2) is 8.07 Å². The van der Waals surface area contributed by atoms with E-state index in [0.29, 0.717) is 0 Å². The first-order chi connectivity index (χ1) is 12.2. The summed E-state index contributed by atoms with van der Waals surface area (Å²) in [5.41, 5.74) is 0.888. The average Bonchev–Trinajstić information content (AvgIpc) is 2.70. The lowest BCUT2D eigenvalue weighted by molar-refractivity contribution is 0.201. The van der Waals surface area contributed by atoms with E-state index in [9.17, 15) is 0 Å². The number of hydrogen-bond donors (Lipinski definition) is 0. The predicted molar refractivity (Wildman–Crippen MR) is 108 cm³/mol. The molecule has 25 heavy (non-hydrogen) atoms. The molecular weight excluding hydrogens is 320 g/mol. The van der Waals surface area contributed by atoms with Gasteiger partial charge < -0.3 is 4.74 Å². The third-order valence-electron chi connectivity index (χ3n) is 4.63. The Labute approximate surface area is 151 Å². The summed E-state index contributed by atoms with van der Waals surface area (Å²) in [5, 5.41) is 2.66. The zero-order valence-electron chi connectivity index (χ0n) is 14.6. The second-order valence-electron chi connectivity index (χ2n) is 6.19. The van der Waals surface area contributed by atoms with Crippen molar-refractivity contribution in [3.63, 3.8) is 0 Å². The van der Waals surface area contributed by atoms with Crippen LogP contribution in [0.5, 0.6) is 0 Å². The van der Waals surface area contributed by atoms with E-state index in [0.717, 1.165) is 5.56 Å². The highest BCUT2D eigenvalue weighted by Crippen LogP contribution is 2.13. The van der Waals surface area contributed by atoms with Crippen LogP contribution in [0, 0.1) is 11.8 Å². The topological polar surface area (TPSA) is 9.23 Å². The molecule has 1 unspecified atom stereocenters. The summed E-state index contributed by atoms with van der Waals surface area (Å²) < 4.78 is 5.93. The van der Waals surface area contributed by atoms with E-state index < -0.39 is 8.07 Å². The van der Waals surface area contributed by atoms with Gasteiger partial charge in [0.2, 0.25) is 0 Å². The molecule has 0 aliphatic heterocycles. The highest BCUT2D eigenvalue weighted by atomic mass is 28.3. The number of methoxy groups -OCH3 is 1. The van der Waals surface area contributed by atoms with Crippen molar-refractivity contribution < 1.29 is 4.74 Å². The van der Waals surface area contributed by atoms with Crippen molar-refractivity contribution in [2.24, 2.45) is 0 Å². The van der Waals surface area contributed by atoms with Crippen molar-refractivity contribution in [2.75, 3.05) is 7.11 Å². The fourth-order valence-corrected chi connectivity index (χ4v) is 6.69. The van der Waals surface area contributed by atoms with E-state index in [1.807, 2.05) is 30.3 Å². The second-order valence-corrected chi connectivity index (χ2v) is 10.3. The third-order valence-corrected chi connectivity index (χ3v) is 9.12. The van der Waals surface area contributed by atoms with Gasteiger partial charge in [-0.15, -0.1) is 0 Å². The number of hydrogen-bond acceptors (Lipinski definition) is 1. The molecule has 3 rings (SSSR count). The Morgan fingerprint density at radius 1 is 0.720 bits per heavy atom. The van der Waals surface area contributed by atoms with Crippen LogP contribution in [0.2, 0.25) is 6.55 Å². The summed E-state index contributed by atoms with van der Waals surface area (Å²) in [6.07, 6.45) is 0. The molecule has 3 aromatic rings. The molecule has 0 amide bonds. The molecule has 0 N–H and O–H groups in total. The number of benzene rings is 3. The van der Waals surface area contributed by atoms with Crippen molar-refractivity contribution in [1.29, 1.82) is 0 Å². The zero-order chi connectivity index (χ0) is 17.5. The Bertz CT molecular complexity index is 809. The Balaban J connectivity index is 2.09. The van der Waals surface area contributed by atoms with Gasteiger partial charge in [-0.2, -0.15) is 0 Å². The van der Waals surface area contributed by atoms with Crippen LogP contribution in [-0.4, -0.2) is 20.9 Å². The zero-order valence-corrected chi connectivity index (χ0v) is 15.6. The third kappa shape index (κ3) is 3.74. The fraction of sp³-hybridized carbons (Fsp3) is 0.130. The Morgan fingerprint density at radius 2 is 1.16 bits per heavy atom. The van der Waals surface area contributed by atoms with Gasteiger partial charge in [-0.05, 0) is 12.1 Å². The van der Waals surface area contributed by atoms with Crippen LogP contribution >= 0.6 is 0 Å². The lowest BCUT2D eigenvalue weighted by Gasteiger charge is -2.33. The van der Waals surface area contributed by atoms with E-state index in [1.54, 1.807) is 7.11 Å². The van der Waals surface area contributed by atoms with Gasteiger partial charge in [0.05, 0.1) is 0 Å². The molecule has 0 saturated carbocycles. The van der Waals surface area contributed by atoms with E-state index in [4.69, 9.17) is 4.74 Å². The SMILES string of the molecule is COC(C#Cc1ccccc1)[Si](C)(c1ccccc1)c1ccccc1. The summed E-state index contributed by atoms with van der Waals surface area (Å²) in [6.45, 7) is 2.34. The lowest BCUT2D eigenvalue weighted by atomic mass is 10.2. The molecule has 0 radical (unpaired) electrons. The summed E-state index contributed by atoms with van der Waals surface area (Å²) in [7, 11) is -0.415. The van der Waals surface area contributed by atoms with E-state index in [-0.39, 0.29) is 5.73 Å². The lowest BCUT2D eigenvalue weighted by Crippen LogP contribution is -2.64. The quantitative estimate of drug-likeness (QED) is 0.521. The van der Waals surface area contributed by atoms with Crippen molar-refractivity contribution in [1.82, 2.24) is 0 Å². The van der Waals surface area contributed by atoms with Gasteiger partial charge in [-0.3, -0.25) is 0 Å². The maximum Gasteiger partial charge on any atom is 0.161 e. The summed E-state index contributed by atoms with van der Waals surface area (Å²) in [5.74, 6) is 6.71. The smallest absolute Gasteiger partial charge is 0.161 e. The molecule has 0 aliphatic rings. The molecule has 0 aliphatic carbocycles. The van der Waals surface area contributed by atoms with Crippen molar-refractivity contribution in [2.45, 2.75) is 12.3 Å². The van der Waals surface area contributed by atoms with Crippen LogP contribution < -0.4 is 10.4 Å². The van der Waals surface area contributed by atoms with Gasteiger partial charge in [0, 0.05) is 12.7 Å². The highest BCUT2D eigenvalue weighted by Gasteiger charge is 2.40. The monoisotopic (exact) mass is 342 g/mol. The number of ether oxygens (including phenoxy) is 1. The fourth-order valence-electron chi connectivity index (χ4n) is 3.15. The maximum absolute atomic E-state index is 5.93. The van der Waals surface area contributed by atoms with Crippen LogP contribution in [0.1, 0.15) is 5.56 Å². The van der Waals surface area contributed by atoms with Gasteiger partial charge >= 0.3 is 0 Å². The molecule has 3 aromatic carbocycles. The number of rotatable bonds is 4. The Kier molecular flexibility index (Phi) is 5.50. The molecule has 2 heteroatoms. The van der Waals surface area contributed by atoms with E-state index in [2.05, 4.69) is 79.1 Å². The predicted octanol–water partition coefficient (Wildman–Crippen LogP) is 3.49. The molecule has 0 saturated heterocycles. The summed E-state index contributed by atoms with van der Waals surface area (Å²) in [6, 6.07) is 31.4. The first-order valence-corrected chi connectivity index (χ1v) is 11.0. The van der Waals surface area contributed by atoms with Gasteiger partial charge in [0.1, 0.15) is 5.73 Å². The van der Waals surface area contributed by atoms with Crippen molar-refractivity contribution in [3.05, 3.63) is 96.6 Å². The van der Waals surface area contributed by atoms with E-state index >= 15 is 0 Å². The summed E-state index contributed by atoms with van der Waals surface area (Å²) in [4.78, 5) is 0. The molecule has 1 nitrogen and oxygen atoms in total. The molecule has 0 fully saturated rings. The van der Waals surface area contributed by atoms with E-state index in [1.165, 1.54) is 10.4 Å². The molecule has 0 aromatic heterocycles. The van der Waals surface area contributed by atoms with Crippen molar-refractivity contribution >= 4 is 18.4 Å². The Hall–Kier alpha value is -2.60. The largest absolute Gasteiger partial charge is 0.372 e. The van der Waals surface area contributed by atoms with Crippen LogP contribution in [0.25, 0.3) is 0 Å². The first-order valence-electron chi connectivity index (χ1n) is 8.45. The molecule has 1 atom stereocenters. The minimum absolute atomic E-state index is 0.127. The minimum Gasteiger partial charge on any atom is -0.372 e. The van der Waals surface area contributed by atoms with Crippen LogP contribution in [0.3, 0.4) is 0 Å². The maximum atomic E-state index is 5.93. The van der Waals surface area contributed by atoms with Gasteiger partial charge in [-0.1, -0.05) is 108 Å². The van der Waals surface area contributed by atoms with Crippen LogP contribution in [-0.2, 0) is 4.74 Å². The van der Waals surface area contributed by atoms with Gasteiger partial charge in [-0.25, -0.2) is 0 Å². The normalized spacial score (nSPS) is 12.1. The minimum atomic E-state index is -2.18. The Morgan fingerprint density at radius 3 is 1.60 bits per heavy atom. The standard InChI is InChI=1S/C23H22OSi/c1-24-23(19-18-20-12-6-3-7-13-20)25(2,21-14-8-4-9-15-21)22-16-10-5-11-17-22/h3-17,23H,1-2H3. The first kappa shape index (κ1) is 17.2. The average molecular weight is 343 g/mol. The molecule has 0 heterocycles. The van der Waals surface area contributed by atoms with Crippen molar-refractivity contribution in [3.8, 4) is 11.8 Å². The molecule has 124 valence electrons. The molecular formula is C23H22OSi. The van der Waals surface area contributed by atoms with Gasteiger partial charge in [0.25, 0.3) is 0 Å². The van der Waals surface area contributed by atoms with Crippen LogP contribution in [0.4, 0.5) is 0 Å².